The molecule has 7 nitrogen and oxygen atoms in total. The Balaban J connectivity index is 1.92. The molecule has 1 saturated heterocycles. The van der Waals surface area contributed by atoms with E-state index in [1.54, 1.807) is 50.5 Å². The number of carbonyl (C=O) groups is 2. The van der Waals surface area contributed by atoms with Gasteiger partial charge in [-0.05, 0) is 48.4 Å². The fourth-order valence-corrected chi connectivity index (χ4v) is 4.03. The average Bonchev–Trinajstić information content (AvgIpc) is 3.27. The highest BCUT2D eigenvalue weighted by Gasteiger charge is 2.42. The summed E-state index contributed by atoms with van der Waals surface area (Å²) in [6, 6.07) is 12.6. The predicted molar refractivity (Wildman–Crippen MR) is 123 cm³/mol. The van der Waals surface area contributed by atoms with E-state index in [-0.39, 0.29) is 17.7 Å². The molecule has 1 aliphatic rings. The van der Waals surface area contributed by atoms with Crippen molar-refractivity contribution < 1.29 is 23.8 Å². The number of amides is 2. The van der Waals surface area contributed by atoms with Crippen LogP contribution in [0.1, 0.15) is 35.7 Å². The number of nitrogens with one attached hydrogen (secondary N) is 1. The lowest BCUT2D eigenvalue weighted by Gasteiger charge is -2.21. The van der Waals surface area contributed by atoms with E-state index >= 15 is 0 Å². The second-order valence-corrected chi connectivity index (χ2v) is 8.40. The smallest absolute Gasteiger partial charge is 0.253 e. The molecule has 2 aromatic rings. The first-order valence-electron chi connectivity index (χ1n) is 10.8. The molecule has 0 aliphatic carbocycles. The van der Waals surface area contributed by atoms with Crippen LogP contribution in [0.15, 0.2) is 42.5 Å². The summed E-state index contributed by atoms with van der Waals surface area (Å²) in [4.78, 5) is 28.1. The minimum atomic E-state index is -0.392. The molecule has 0 spiro atoms. The zero-order chi connectivity index (χ0) is 23.3. The molecule has 0 radical (unpaired) electrons. The van der Waals surface area contributed by atoms with Crippen molar-refractivity contribution in [3.05, 3.63) is 53.6 Å². The topological polar surface area (TPSA) is 77.1 Å². The maximum Gasteiger partial charge on any atom is 0.253 e. The minimum absolute atomic E-state index is 0.0568. The summed E-state index contributed by atoms with van der Waals surface area (Å²) < 4.78 is 16.2. The van der Waals surface area contributed by atoms with Crippen molar-refractivity contribution in [2.45, 2.75) is 19.8 Å². The van der Waals surface area contributed by atoms with Gasteiger partial charge in [-0.25, -0.2) is 0 Å². The van der Waals surface area contributed by atoms with Crippen molar-refractivity contribution in [2.24, 2.45) is 11.8 Å². The van der Waals surface area contributed by atoms with Gasteiger partial charge in [0.1, 0.15) is 17.2 Å². The van der Waals surface area contributed by atoms with Gasteiger partial charge < -0.3 is 24.4 Å². The molecule has 1 fully saturated rings. The van der Waals surface area contributed by atoms with Gasteiger partial charge in [0, 0.05) is 36.7 Å². The zero-order valence-electron chi connectivity index (χ0n) is 19.4. The van der Waals surface area contributed by atoms with Crippen LogP contribution in [0.4, 0.5) is 0 Å². The van der Waals surface area contributed by atoms with E-state index in [9.17, 15) is 9.59 Å². The largest absolute Gasteiger partial charge is 0.497 e. The van der Waals surface area contributed by atoms with E-state index in [1.165, 1.54) is 0 Å². The van der Waals surface area contributed by atoms with Gasteiger partial charge in [-0.3, -0.25) is 9.59 Å². The van der Waals surface area contributed by atoms with Crippen LogP contribution >= 0.6 is 0 Å². The standard InChI is InChI=1S/C25H32N2O5/c1-16(2)13-26-24(28)22-15-27(25(29)17-6-8-18(30-3)9-7-17)14-21(22)20-12-19(31-4)10-11-23(20)32-5/h6-12,16,21-22H,13-15H2,1-5H3,(H,26,28). The predicted octanol–water partition coefficient (Wildman–Crippen LogP) is 3.34. The molecule has 2 unspecified atom stereocenters. The number of carbonyl (C=O) groups excluding carboxylic acids is 2. The van der Waals surface area contributed by atoms with E-state index in [4.69, 9.17) is 14.2 Å². The molecule has 0 bridgehead atoms. The maximum absolute atomic E-state index is 13.2. The Morgan fingerprint density at radius 3 is 2.22 bits per heavy atom. The van der Waals surface area contributed by atoms with Crippen LogP contribution in [0.5, 0.6) is 17.2 Å². The first-order valence-corrected chi connectivity index (χ1v) is 10.8. The number of benzene rings is 2. The summed E-state index contributed by atoms with van der Waals surface area (Å²) in [5.41, 5.74) is 1.42. The second kappa shape index (κ2) is 10.4. The van der Waals surface area contributed by atoms with Crippen molar-refractivity contribution >= 4 is 11.8 Å². The lowest BCUT2D eigenvalue weighted by atomic mass is 9.87. The monoisotopic (exact) mass is 440 g/mol. The molecule has 0 aromatic heterocycles. The third-order valence-electron chi connectivity index (χ3n) is 5.80. The molecular formula is C25H32N2O5. The SMILES string of the molecule is COc1ccc(C(=O)N2CC(C(=O)NCC(C)C)C(c3cc(OC)ccc3OC)C2)cc1. The van der Waals surface area contributed by atoms with Crippen LogP contribution in [-0.4, -0.2) is 57.7 Å². The van der Waals surface area contributed by atoms with E-state index in [2.05, 4.69) is 19.2 Å². The van der Waals surface area contributed by atoms with Crippen LogP contribution in [0.2, 0.25) is 0 Å². The molecule has 0 saturated carbocycles. The van der Waals surface area contributed by atoms with Crippen molar-refractivity contribution in [3.8, 4) is 17.2 Å². The number of likely N-dealkylation sites (tertiary alicyclic amines) is 1. The molecule has 7 heteroatoms. The molecule has 2 aromatic carbocycles. The quantitative estimate of drug-likeness (QED) is 0.681. The van der Waals surface area contributed by atoms with Gasteiger partial charge in [-0.2, -0.15) is 0 Å². The van der Waals surface area contributed by atoms with Crippen molar-refractivity contribution in [2.75, 3.05) is 41.0 Å². The normalized spacial score (nSPS) is 17.9. The minimum Gasteiger partial charge on any atom is -0.497 e. The third kappa shape index (κ3) is 5.15. The van der Waals surface area contributed by atoms with Crippen LogP contribution < -0.4 is 19.5 Å². The van der Waals surface area contributed by atoms with Gasteiger partial charge in [0.05, 0.1) is 27.2 Å². The Kier molecular flexibility index (Phi) is 7.62. The fraction of sp³-hybridized carbons (Fsp3) is 0.440. The van der Waals surface area contributed by atoms with E-state index < -0.39 is 5.92 Å². The van der Waals surface area contributed by atoms with E-state index in [0.29, 0.717) is 48.4 Å². The Hall–Kier alpha value is -3.22. The van der Waals surface area contributed by atoms with E-state index in [1.807, 2.05) is 18.2 Å². The molecule has 2 amide bonds. The third-order valence-corrected chi connectivity index (χ3v) is 5.80. The lowest BCUT2D eigenvalue weighted by molar-refractivity contribution is -0.125. The first-order chi connectivity index (χ1) is 15.4. The Labute approximate surface area is 189 Å². The Bertz CT molecular complexity index is 942. The summed E-state index contributed by atoms with van der Waals surface area (Å²) in [7, 11) is 4.80. The summed E-state index contributed by atoms with van der Waals surface area (Å²) in [6.07, 6.45) is 0. The molecular weight excluding hydrogens is 408 g/mol. The number of methoxy groups -OCH3 is 3. The summed E-state index contributed by atoms with van der Waals surface area (Å²) >= 11 is 0. The highest BCUT2D eigenvalue weighted by Crippen LogP contribution is 2.40. The maximum atomic E-state index is 13.2. The Morgan fingerprint density at radius 2 is 1.62 bits per heavy atom. The van der Waals surface area contributed by atoms with Crippen molar-refractivity contribution in [3.63, 3.8) is 0 Å². The van der Waals surface area contributed by atoms with Crippen LogP contribution in [0.3, 0.4) is 0 Å². The molecule has 3 rings (SSSR count). The summed E-state index contributed by atoms with van der Waals surface area (Å²) in [5.74, 6) is 1.61. The number of rotatable bonds is 8. The lowest BCUT2D eigenvalue weighted by Crippen LogP contribution is -2.37. The van der Waals surface area contributed by atoms with Crippen molar-refractivity contribution in [1.29, 1.82) is 0 Å². The van der Waals surface area contributed by atoms with Gasteiger partial charge in [0.2, 0.25) is 5.91 Å². The fourth-order valence-electron chi connectivity index (χ4n) is 4.03. The molecule has 2 atom stereocenters. The van der Waals surface area contributed by atoms with E-state index in [0.717, 1.165) is 5.56 Å². The molecule has 32 heavy (non-hydrogen) atoms. The Morgan fingerprint density at radius 1 is 0.969 bits per heavy atom. The van der Waals surface area contributed by atoms with Crippen LogP contribution in [0, 0.1) is 11.8 Å². The molecule has 172 valence electrons. The number of hydrogen-bond donors (Lipinski definition) is 1. The highest BCUT2D eigenvalue weighted by atomic mass is 16.5. The van der Waals surface area contributed by atoms with Crippen LogP contribution in [0.25, 0.3) is 0 Å². The van der Waals surface area contributed by atoms with Gasteiger partial charge >= 0.3 is 0 Å². The first kappa shape index (κ1) is 23.4. The number of hydrogen-bond acceptors (Lipinski definition) is 5. The average molecular weight is 441 g/mol. The molecule has 1 aliphatic heterocycles. The number of ether oxygens (including phenoxy) is 3. The van der Waals surface area contributed by atoms with Gasteiger partial charge in [-0.15, -0.1) is 0 Å². The zero-order valence-corrected chi connectivity index (χ0v) is 19.4. The molecule has 1 N–H and O–H groups in total. The summed E-state index contributed by atoms with van der Waals surface area (Å²) in [5, 5.41) is 3.04. The second-order valence-electron chi connectivity index (χ2n) is 8.40. The highest BCUT2D eigenvalue weighted by molar-refractivity contribution is 5.95. The summed E-state index contributed by atoms with van der Waals surface area (Å²) in [6.45, 7) is 5.44. The van der Waals surface area contributed by atoms with Gasteiger partial charge in [0.25, 0.3) is 5.91 Å². The molecule has 1 heterocycles. The van der Waals surface area contributed by atoms with Crippen LogP contribution in [-0.2, 0) is 4.79 Å². The van der Waals surface area contributed by atoms with Gasteiger partial charge in [0.15, 0.2) is 0 Å². The van der Waals surface area contributed by atoms with Gasteiger partial charge in [-0.1, -0.05) is 13.8 Å². The number of nitrogens with zero attached hydrogens (tertiary/aromatic N) is 1. The van der Waals surface area contributed by atoms with Crippen molar-refractivity contribution in [1.82, 2.24) is 10.2 Å².